The number of ether oxygens (including phenoxy) is 2. The zero-order chi connectivity index (χ0) is 42.2. The zero-order valence-electron chi connectivity index (χ0n) is 34.7. The van der Waals surface area contributed by atoms with Gasteiger partial charge in [0.15, 0.2) is 0 Å². The normalized spacial score (nSPS) is 17.5. The van der Waals surface area contributed by atoms with Crippen molar-refractivity contribution < 1.29 is 33.4 Å². The summed E-state index contributed by atoms with van der Waals surface area (Å²) in [6.45, 7) is 9.68. The third kappa shape index (κ3) is 10.1. The lowest BCUT2D eigenvalue weighted by Gasteiger charge is -2.30. The third-order valence-electron chi connectivity index (χ3n) is 11.1. The minimum absolute atomic E-state index is 0.123. The number of aromatic nitrogens is 2. The van der Waals surface area contributed by atoms with Crippen molar-refractivity contribution in [3.8, 4) is 0 Å². The molecule has 2 saturated heterocycles. The first kappa shape index (κ1) is 42.5. The lowest BCUT2D eigenvalue weighted by atomic mass is 10.0. The number of para-hydroxylation sites is 1. The number of nitrogens with zero attached hydrogens (tertiary/aromatic N) is 4. The number of hydrogen-bond donors (Lipinski definition) is 4. The number of imidazole rings is 1. The van der Waals surface area contributed by atoms with Crippen LogP contribution in [0.5, 0.6) is 0 Å². The van der Waals surface area contributed by atoms with Crippen molar-refractivity contribution in [1.29, 1.82) is 0 Å². The van der Waals surface area contributed by atoms with E-state index in [0.29, 0.717) is 44.7 Å². The van der Waals surface area contributed by atoms with Crippen molar-refractivity contribution in [3.63, 3.8) is 0 Å². The molecule has 4 unspecified atom stereocenters. The molecule has 0 radical (unpaired) electrons. The van der Waals surface area contributed by atoms with E-state index in [1.54, 1.807) is 4.90 Å². The molecule has 4 atom stereocenters. The van der Waals surface area contributed by atoms with E-state index in [-0.39, 0.29) is 35.6 Å². The Balaban J connectivity index is 1.13. The summed E-state index contributed by atoms with van der Waals surface area (Å²) in [6.07, 6.45) is 1.49. The summed E-state index contributed by atoms with van der Waals surface area (Å²) in [6, 6.07) is 21.7. The van der Waals surface area contributed by atoms with E-state index in [1.807, 2.05) is 81.1 Å². The molecule has 2 aliphatic heterocycles. The molecular formula is C44H56N8O7. The molecule has 15 heteroatoms. The highest BCUT2D eigenvalue weighted by Crippen LogP contribution is 2.33. The van der Waals surface area contributed by atoms with Gasteiger partial charge in [0.1, 0.15) is 23.9 Å². The molecule has 6 rings (SSSR count). The lowest BCUT2D eigenvalue weighted by molar-refractivity contribution is -0.139. The van der Waals surface area contributed by atoms with E-state index in [2.05, 4.69) is 50.1 Å². The number of H-pyrrole nitrogens is 1. The first-order valence-electron chi connectivity index (χ1n) is 20.3. The van der Waals surface area contributed by atoms with Crippen molar-refractivity contribution in [2.24, 2.45) is 11.8 Å². The van der Waals surface area contributed by atoms with Gasteiger partial charge in [-0.05, 0) is 85.0 Å². The Labute approximate surface area is 345 Å². The summed E-state index contributed by atoms with van der Waals surface area (Å²) in [5.74, 6) is -0.313. The highest BCUT2D eigenvalue weighted by molar-refractivity contribution is 5.98. The molecule has 3 aromatic carbocycles. The molecule has 0 spiro atoms. The van der Waals surface area contributed by atoms with Crippen molar-refractivity contribution in [2.45, 2.75) is 90.6 Å². The van der Waals surface area contributed by atoms with Gasteiger partial charge in [-0.3, -0.25) is 14.4 Å². The topological polar surface area (TPSA) is 178 Å². The lowest BCUT2D eigenvalue weighted by Crippen LogP contribution is -2.54. The Hall–Kier alpha value is -6.12. The molecule has 0 bridgehead atoms. The smallest absolute Gasteiger partial charge is 0.407 e. The van der Waals surface area contributed by atoms with Gasteiger partial charge in [-0.2, -0.15) is 0 Å². The van der Waals surface area contributed by atoms with E-state index in [4.69, 9.17) is 14.5 Å². The number of aromatic amines is 1. The molecule has 4 aromatic rings. The van der Waals surface area contributed by atoms with Crippen LogP contribution in [0, 0.1) is 11.8 Å². The van der Waals surface area contributed by atoms with Crippen LogP contribution in [0.2, 0.25) is 0 Å². The van der Waals surface area contributed by atoms with Crippen LogP contribution < -0.4 is 20.9 Å². The summed E-state index contributed by atoms with van der Waals surface area (Å²) < 4.78 is 9.50. The Morgan fingerprint density at radius 2 is 1.34 bits per heavy atom. The number of amides is 5. The van der Waals surface area contributed by atoms with Crippen LogP contribution in [0.15, 0.2) is 72.8 Å². The van der Waals surface area contributed by atoms with Crippen LogP contribution in [0.1, 0.15) is 76.4 Å². The fourth-order valence-corrected chi connectivity index (χ4v) is 7.94. The number of carbonyl (C=O) groups excluding carboxylic acids is 5. The van der Waals surface area contributed by atoms with E-state index in [0.717, 1.165) is 46.5 Å². The van der Waals surface area contributed by atoms with Crippen LogP contribution in [-0.4, -0.2) is 95.1 Å². The Kier molecular flexibility index (Phi) is 13.7. The van der Waals surface area contributed by atoms with E-state index >= 15 is 0 Å². The molecule has 2 aliphatic rings. The molecular weight excluding hydrogens is 753 g/mol. The molecule has 4 N–H and O–H groups in total. The van der Waals surface area contributed by atoms with Gasteiger partial charge in [0.2, 0.25) is 17.7 Å². The van der Waals surface area contributed by atoms with E-state index in [1.165, 1.54) is 14.2 Å². The predicted molar refractivity (Wildman–Crippen MR) is 224 cm³/mol. The summed E-state index contributed by atoms with van der Waals surface area (Å²) in [5.41, 5.74) is 5.46. The average Bonchev–Trinajstić information content (AvgIpc) is 4.02. The third-order valence-corrected chi connectivity index (χ3v) is 11.1. The van der Waals surface area contributed by atoms with Crippen molar-refractivity contribution in [2.75, 3.05) is 37.5 Å². The minimum Gasteiger partial charge on any atom is -0.453 e. The van der Waals surface area contributed by atoms with Gasteiger partial charge in [-0.1, -0.05) is 64.1 Å². The van der Waals surface area contributed by atoms with Gasteiger partial charge in [-0.25, -0.2) is 14.6 Å². The van der Waals surface area contributed by atoms with Gasteiger partial charge in [0, 0.05) is 37.6 Å². The van der Waals surface area contributed by atoms with Crippen LogP contribution in [0.4, 0.5) is 21.0 Å². The summed E-state index contributed by atoms with van der Waals surface area (Å²) >= 11 is 0. The number of carbonyl (C=O) groups is 5. The summed E-state index contributed by atoms with van der Waals surface area (Å²) in [5, 5.41) is 8.32. The molecule has 1 aromatic heterocycles. The van der Waals surface area contributed by atoms with Crippen molar-refractivity contribution in [3.05, 3.63) is 89.7 Å². The van der Waals surface area contributed by atoms with Gasteiger partial charge in [0.05, 0.1) is 31.3 Å². The largest absolute Gasteiger partial charge is 0.453 e. The zero-order valence-corrected chi connectivity index (χ0v) is 34.7. The Morgan fingerprint density at radius 1 is 0.763 bits per heavy atom. The quantitative estimate of drug-likeness (QED) is 0.117. The number of rotatable bonds is 14. The Morgan fingerprint density at radius 3 is 1.97 bits per heavy atom. The average molecular weight is 809 g/mol. The monoisotopic (exact) mass is 808 g/mol. The number of nitrogens with one attached hydrogen (secondary N) is 4. The number of methoxy groups -OCH3 is 2. The summed E-state index contributed by atoms with van der Waals surface area (Å²) in [4.78, 5) is 78.7. The number of anilines is 2. The molecule has 3 heterocycles. The van der Waals surface area contributed by atoms with Gasteiger partial charge < -0.3 is 45.1 Å². The number of likely N-dealkylation sites (tertiary alicyclic amines) is 2. The second-order valence-electron chi connectivity index (χ2n) is 15.9. The molecule has 5 amide bonds. The maximum Gasteiger partial charge on any atom is 0.407 e. The van der Waals surface area contributed by atoms with Crippen molar-refractivity contribution >= 4 is 52.3 Å². The van der Waals surface area contributed by atoms with Crippen LogP contribution in [-0.2, 0) is 36.9 Å². The molecule has 0 saturated carbocycles. The SMILES string of the molecule is COC(=O)NC(C(=O)N1CCCC1C(=O)Nc1ccc(CN(Cc2ccc3nc(C4CCCN4C(=O)C(NC(=O)OC)C(C)C)[nH]c3c2)c2ccccc2)cc1)C(C)C. The fraction of sp³-hybridized carbons (Fsp3) is 0.455. The molecule has 2 fully saturated rings. The number of hydrogen-bond acceptors (Lipinski definition) is 9. The number of benzene rings is 3. The highest BCUT2D eigenvalue weighted by Gasteiger charge is 2.40. The second-order valence-corrected chi connectivity index (χ2v) is 15.9. The van der Waals surface area contributed by atoms with Crippen LogP contribution in [0.25, 0.3) is 11.0 Å². The van der Waals surface area contributed by atoms with Gasteiger partial charge in [-0.15, -0.1) is 0 Å². The minimum atomic E-state index is -0.802. The molecule has 0 aliphatic carbocycles. The van der Waals surface area contributed by atoms with Crippen LogP contribution >= 0.6 is 0 Å². The van der Waals surface area contributed by atoms with Gasteiger partial charge in [0.25, 0.3) is 0 Å². The second kappa shape index (κ2) is 19.1. The highest BCUT2D eigenvalue weighted by atomic mass is 16.5. The van der Waals surface area contributed by atoms with Gasteiger partial charge >= 0.3 is 12.2 Å². The predicted octanol–water partition coefficient (Wildman–Crippen LogP) is 6.12. The first-order valence-corrected chi connectivity index (χ1v) is 20.3. The molecule has 15 nitrogen and oxygen atoms in total. The molecule has 59 heavy (non-hydrogen) atoms. The summed E-state index contributed by atoms with van der Waals surface area (Å²) in [7, 11) is 2.54. The number of alkyl carbamates (subject to hydrolysis) is 2. The standard InChI is InChI=1S/C44H56N8O7/c1-27(2)37(48-43(56)58-5)41(54)51-22-10-14-35(51)39-46-33-21-18-30(24-34(33)47-39)26-50(32-12-8-7-9-13-32)25-29-16-19-31(20-17-29)45-40(53)36-15-11-23-52(36)42(55)38(28(3)4)49-44(57)59-6/h7-9,12-13,16-21,24,27-28,35-38H,10-11,14-15,22-23,25-26H2,1-6H3,(H,45,53)(H,46,47)(H,48,56)(H,49,57). The maximum atomic E-state index is 13.7. The van der Waals surface area contributed by atoms with E-state index < -0.39 is 30.3 Å². The Bertz CT molecular complexity index is 2100. The number of fused-ring (bicyclic) bond motifs is 1. The maximum absolute atomic E-state index is 13.7. The van der Waals surface area contributed by atoms with Crippen molar-refractivity contribution in [1.82, 2.24) is 30.4 Å². The van der Waals surface area contributed by atoms with Crippen LogP contribution in [0.3, 0.4) is 0 Å². The first-order chi connectivity index (χ1) is 28.4. The fourth-order valence-electron chi connectivity index (χ4n) is 7.94. The molecule has 314 valence electrons. The van der Waals surface area contributed by atoms with E-state index in [9.17, 15) is 24.0 Å².